The molecular formula is C16H25N3O. The van der Waals surface area contributed by atoms with Crippen LogP contribution in [0, 0.1) is 12.8 Å². The van der Waals surface area contributed by atoms with E-state index < -0.39 is 0 Å². The van der Waals surface area contributed by atoms with Crippen molar-refractivity contribution in [3.05, 3.63) is 23.5 Å². The first-order valence-corrected chi connectivity index (χ1v) is 7.63. The number of aryl methyl sites for hydroxylation is 1. The summed E-state index contributed by atoms with van der Waals surface area (Å²) in [5, 5.41) is 6.43. The number of hydrogen-bond acceptors (Lipinski definition) is 3. The van der Waals surface area contributed by atoms with Crippen LogP contribution in [0.3, 0.4) is 0 Å². The Morgan fingerprint density at radius 1 is 1.40 bits per heavy atom. The maximum atomic E-state index is 12.5. The molecule has 110 valence electrons. The molecule has 0 spiro atoms. The second-order valence-corrected chi connectivity index (χ2v) is 5.74. The summed E-state index contributed by atoms with van der Waals surface area (Å²) in [5.74, 6) is 0.556. The molecule has 2 atom stereocenters. The average Bonchev–Trinajstić information content (AvgIpc) is 2.42. The summed E-state index contributed by atoms with van der Waals surface area (Å²) in [5.41, 5.74) is 2.44. The first kappa shape index (κ1) is 14.8. The van der Waals surface area contributed by atoms with Crippen molar-refractivity contribution >= 4 is 11.6 Å². The minimum absolute atomic E-state index is 0.00722. The van der Waals surface area contributed by atoms with Gasteiger partial charge in [-0.15, -0.1) is 0 Å². The number of anilines is 1. The normalized spacial score (nSPS) is 22.4. The molecule has 0 saturated heterocycles. The third-order valence-corrected chi connectivity index (χ3v) is 4.08. The summed E-state index contributed by atoms with van der Waals surface area (Å²) in [6.07, 6.45) is 6.46. The molecule has 1 saturated carbocycles. The smallest absolute Gasteiger partial charge is 0.255 e. The van der Waals surface area contributed by atoms with Gasteiger partial charge in [0.1, 0.15) is 0 Å². The number of aromatic nitrogens is 1. The molecule has 2 unspecified atom stereocenters. The third-order valence-electron chi connectivity index (χ3n) is 4.08. The van der Waals surface area contributed by atoms with Gasteiger partial charge in [0, 0.05) is 24.5 Å². The SMILES string of the molecule is CCNc1cc(C)ncc1C(=O)NC1CCCCC1C. The van der Waals surface area contributed by atoms with E-state index in [1.807, 2.05) is 19.9 Å². The van der Waals surface area contributed by atoms with Gasteiger partial charge in [0.15, 0.2) is 0 Å². The maximum Gasteiger partial charge on any atom is 0.255 e. The van der Waals surface area contributed by atoms with Crippen LogP contribution in [-0.2, 0) is 0 Å². The van der Waals surface area contributed by atoms with E-state index in [1.54, 1.807) is 6.20 Å². The molecule has 20 heavy (non-hydrogen) atoms. The summed E-state index contributed by atoms with van der Waals surface area (Å²) in [7, 11) is 0. The Balaban J connectivity index is 2.12. The highest BCUT2D eigenvalue weighted by molar-refractivity contribution is 5.99. The van der Waals surface area contributed by atoms with Gasteiger partial charge in [-0.25, -0.2) is 0 Å². The van der Waals surface area contributed by atoms with Crippen LogP contribution in [0.25, 0.3) is 0 Å². The average molecular weight is 275 g/mol. The Hall–Kier alpha value is -1.58. The van der Waals surface area contributed by atoms with Gasteiger partial charge in [-0.1, -0.05) is 19.8 Å². The van der Waals surface area contributed by atoms with E-state index in [1.165, 1.54) is 19.3 Å². The fraction of sp³-hybridized carbons (Fsp3) is 0.625. The zero-order valence-corrected chi connectivity index (χ0v) is 12.7. The molecule has 0 aromatic carbocycles. The number of pyridine rings is 1. The topological polar surface area (TPSA) is 54.0 Å². The molecule has 1 fully saturated rings. The number of nitrogens with one attached hydrogen (secondary N) is 2. The lowest BCUT2D eigenvalue weighted by Gasteiger charge is -2.29. The summed E-state index contributed by atoms with van der Waals surface area (Å²) in [6.45, 7) is 6.98. The predicted molar refractivity (Wildman–Crippen MR) is 82.0 cm³/mol. The van der Waals surface area contributed by atoms with Gasteiger partial charge in [-0.2, -0.15) is 0 Å². The predicted octanol–water partition coefficient (Wildman–Crippen LogP) is 3.13. The fourth-order valence-electron chi connectivity index (χ4n) is 2.85. The lowest BCUT2D eigenvalue weighted by molar-refractivity contribution is 0.0910. The highest BCUT2D eigenvalue weighted by Gasteiger charge is 2.24. The van der Waals surface area contributed by atoms with Crippen molar-refractivity contribution in [2.24, 2.45) is 5.92 Å². The largest absolute Gasteiger partial charge is 0.385 e. The molecule has 4 heteroatoms. The van der Waals surface area contributed by atoms with Crippen molar-refractivity contribution in [2.75, 3.05) is 11.9 Å². The van der Waals surface area contributed by atoms with E-state index in [0.717, 1.165) is 24.3 Å². The Morgan fingerprint density at radius 2 is 2.15 bits per heavy atom. The van der Waals surface area contributed by atoms with Crippen LogP contribution in [-0.4, -0.2) is 23.5 Å². The quantitative estimate of drug-likeness (QED) is 0.887. The van der Waals surface area contributed by atoms with Crippen molar-refractivity contribution in [3.63, 3.8) is 0 Å². The Kier molecular flexibility index (Phi) is 4.99. The van der Waals surface area contributed by atoms with Gasteiger partial charge >= 0.3 is 0 Å². The molecule has 1 aliphatic rings. The number of rotatable bonds is 4. The van der Waals surface area contributed by atoms with Crippen molar-refractivity contribution in [1.29, 1.82) is 0 Å². The molecule has 1 aromatic heterocycles. The minimum atomic E-state index is -0.00722. The molecule has 0 radical (unpaired) electrons. The molecule has 0 aliphatic heterocycles. The Morgan fingerprint density at radius 3 is 2.85 bits per heavy atom. The van der Waals surface area contributed by atoms with Gasteiger partial charge in [-0.3, -0.25) is 9.78 Å². The fourth-order valence-corrected chi connectivity index (χ4v) is 2.85. The van der Waals surface area contributed by atoms with Crippen molar-refractivity contribution in [3.8, 4) is 0 Å². The van der Waals surface area contributed by atoms with E-state index in [2.05, 4.69) is 22.5 Å². The van der Waals surface area contributed by atoms with Crippen molar-refractivity contribution in [2.45, 2.75) is 52.5 Å². The van der Waals surface area contributed by atoms with Gasteiger partial charge < -0.3 is 10.6 Å². The van der Waals surface area contributed by atoms with Crippen LogP contribution in [0.4, 0.5) is 5.69 Å². The summed E-state index contributed by atoms with van der Waals surface area (Å²) in [6, 6.07) is 2.23. The third kappa shape index (κ3) is 3.50. The first-order valence-electron chi connectivity index (χ1n) is 7.63. The summed E-state index contributed by atoms with van der Waals surface area (Å²) >= 11 is 0. The van der Waals surface area contributed by atoms with Crippen LogP contribution < -0.4 is 10.6 Å². The molecule has 1 heterocycles. The van der Waals surface area contributed by atoms with E-state index in [4.69, 9.17) is 0 Å². The molecule has 4 nitrogen and oxygen atoms in total. The van der Waals surface area contributed by atoms with Crippen molar-refractivity contribution < 1.29 is 4.79 Å². The van der Waals surface area contributed by atoms with Gasteiger partial charge in [0.25, 0.3) is 5.91 Å². The molecule has 1 aliphatic carbocycles. The molecule has 1 aromatic rings. The van der Waals surface area contributed by atoms with Crippen molar-refractivity contribution in [1.82, 2.24) is 10.3 Å². The summed E-state index contributed by atoms with van der Waals surface area (Å²) in [4.78, 5) is 16.7. The number of amides is 1. The number of nitrogens with zero attached hydrogens (tertiary/aromatic N) is 1. The Labute approximate surface area is 121 Å². The number of carbonyl (C=O) groups excluding carboxylic acids is 1. The van der Waals surface area contributed by atoms with Crippen LogP contribution in [0.15, 0.2) is 12.3 Å². The Bertz CT molecular complexity index is 473. The highest BCUT2D eigenvalue weighted by Crippen LogP contribution is 2.24. The first-order chi connectivity index (χ1) is 9.61. The van der Waals surface area contributed by atoms with Crippen LogP contribution in [0.1, 0.15) is 55.6 Å². The van der Waals surface area contributed by atoms with Crippen LogP contribution >= 0.6 is 0 Å². The van der Waals surface area contributed by atoms with E-state index in [0.29, 0.717) is 17.5 Å². The highest BCUT2D eigenvalue weighted by atomic mass is 16.1. The zero-order valence-electron chi connectivity index (χ0n) is 12.7. The second-order valence-electron chi connectivity index (χ2n) is 5.74. The molecule has 2 N–H and O–H groups in total. The summed E-state index contributed by atoms with van der Waals surface area (Å²) < 4.78 is 0. The standard InChI is InChI=1S/C16H25N3O/c1-4-17-15-9-12(3)18-10-13(15)16(20)19-14-8-6-5-7-11(14)2/h9-11,14H,4-8H2,1-3H3,(H,17,18)(H,19,20). The molecule has 2 rings (SSSR count). The monoisotopic (exact) mass is 275 g/mol. The van der Waals surface area contributed by atoms with Gasteiger partial charge in [0.2, 0.25) is 0 Å². The van der Waals surface area contributed by atoms with Crippen LogP contribution in [0.2, 0.25) is 0 Å². The van der Waals surface area contributed by atoms with E-state index >= 15 is 0 Å². The maximum absolute atomic E-state index is 12.5. The van der Waals surface area contributed by atoms with Gasteiger partial charge in [0.05, 0.1) is 11.3 Å². The lowest BCUT2D eigenvalue weighted by atomic mass is 9.86. The van der Waals surface area contributed by atoms with Gasteiger partial charge in [-0.05, 0) is 38.7 Å². The van der Waals surface area contributed by atoms with E-state index in [-0.39, 0.29) is 5.91 Å². The number of carbonyl (C=O) groups is 1. The molecular weight excluding hydrogens is 250 g/mol. The lowest BCUT2D eigenvalue weighted by Crippen LogP contribution is -2.41. The molecule has 1 amide bonds. The number of hydrogen-bond donors (Lipinski definition) is 2. The molecule has 0 bridgehead atoms. The van der Waals surface area contributed by atoms with E-state index in [9.17, 15) is 4.79 Å². The zero-order chi connectivity index (χ0) is 14.5. The minimum Gasteiger partial charge on any atom is -0.385 e. The second kappa shape index (κ2) is 6.73. The van der Waals surface area contributed by atoms with Crippen LogP contribution in [0.5, 0.6) is 0 Å².